The highest BCUT2D eigenvalue weighted by molar-refractivity contribution is 6.03. The average molecular weight is 370 g/mol. The van der Waals surface area contributed by atoms with Crippen LogP contribution >= 0.6 is 0 Å². The minimum absolute atomic E-state index is 0.257. The third-order valence-electron chi connectivity index (χ3n) is 6.38. The number of aromatic nitrogens is 1. The van der Waals surface area contributed by atoms with Crippen LogP contribution in [0, 0.1) is 6.92 Å². The highest BCUT2D eigenvalue weighted by atomic mass is 15.3. The maximum atomic E-state index is 5.20. The molecule has 4 heteroatoms. The van der Waals surface area contributed by atoms with Gasteiger partial charge in [0.2, 0.25) is 0 Å². The molecule has 0 saturated carbocycles. The Morgan fingerprint density at radius 2 is 2.04 bits per heavy atom. The molecular formula is C24H26N4. The SMILES string of the molecule is CCCc1c(-c2ccc3c(c2)C(C)=NC3)nc2c(c1C)C1C(C)=NNC1C=C2. The van der Waals surface area contributed by atoms with E-state index in [1.807, 2.05) is 0 Å². The Bertz CT molecular complexity index is 1070. The first kappa shape index (κ1) is 17.4. The fraction of sp³-hybridized carbons (Fsp3) is 0.375. The summed E-state index contributed by atoms with van der Waals surface area (Å²) in [5.74, 6) is 0.298. The summed E-state index contributed by atoms with van der Waals surface area (Å²) in [6.45, 7) is 9.55. The fourth-order valence-electron chi connectivity index (χ4n) is 4.90. The molecular weight excluding hydrogens is 344 g/mol. The number of fused-ring (bicyclic) bond motifs is 4. The first-order valence-electron chi connectivity index (χ1n) is 10.2. The second-order valence-electron chi connectivity index (χ2n) is 8.13. The van der Waals surface area contributed by atoms with E-state index in [-0.39, 0.29) is 6.04 Å². The molecule has 1 aliphatic carbocycles. The second kappa shape index (κ2) is 6.40. The molecule has 4 nitrogen and oxygen atoms in total. The third kappa shape index (κ3) is 2.47. The largest absolute Gasteiger partial charge is 0.302 e. The van der Waals surface area contributed by atoms with Gasteiger partial charge in [0.25, 0.3) is 0 Å². The highest BCUT2D eigenvalue weighted by Gasteiger charge is 2.35. The van der Waals surface area contributed by atoms with Crippen LogP contribution in [0.3, 0.4) is 0 Å². The van der Waals surface area contributed by atoms with E-state index >= 15 is 0 Å². The monoisotopic (exact) mass is 370 g/mol. The molecule has 0 spiro atoms. The number of pyridine rings is 1. The van der Waals surface area contributed by atoms with Gasteiger partial charge in [0.05, 0.1) is 29.9 Å². The average Bonchev–Trinajstić information content (AvgIpc) is 3.26. The summed E-state index contributed by atoms with van der Waals surface area (Å²) in [7, 11) is 0. The van der Waals surface area contributed by atoms with Crippen molar-refractivity contribution in [3.05, 3.63) is 57.8 Å². The number of benzene rings is 1. The van der Waals surface area contributed by atoms with Gasteiger partial charge in [0, 0.05) is 22.6 Å². The van der Waals surface area contributed by atoms with Crippen molar-refractivity contribution in [3.63, 3.8) is 0 Å². The molecule has 0 bridgehead atoms. The van der Waals surface area contributed by atoms with Gasteiger partial charge in [-0.15, -0.1) is 0 Å². The van der Waals surface area contributed by atoms with Crippen molar-refractivity contribution >= 4 is 17.5 Å². The standard InChI is InChI=1S/C24H26N4/c1-5-6-18-13(2)22-20(9-10-21-23(22)15(4)27-28-21)26-24(18)16-7-8-17-12-25-14(3)19(17)11-16/h7-11,21,23,28H,5-6,12H2,1-4H3. The number of rotatable bonds is 3. The molecule has 28 heavy (non-hydrogen) atoms. The van der Waals surface area contributed by atoms with Crippen molar-refractivity contribution in [2.24, 2.45) is 10.1 Å². The molecule has 3 aliphatic rings. The van der Waals surface area contributed by atoms with Gasteiger partial charge in [-0.2, -0.15) is 5.10 Å². The van der Waals surface area contributed by atoms with E-state index in [1.54, 1.807) is 0 Å². The van der Waals surface area contributed by atoms with Gasteiger partial charge >= 0.3 is 0 Å². The van der Waals surface area contributed by atoms with Crippen LogP contribution in [0.5, 0.6) is 0 Å². The van der Waals surface area contributed by atoms with Crippen LogP contribution < -0.4 is 5.43 Å². The lowest BCUT2D eigenvalue weighted by molar-refractivity contribution is 0.633. The summed E-state index contributed by atoms with van der Waals surface area (Å²) in [5, 5.41) is 4.50. The van der Waals surface area contributed by atoms with Crippen LogP contribution in [0.4, 0.5) is 0 Å². The summed E-state index contributed by atoms with van der Waals surface area (Å²) in [5.41, 5.74) is 15.7. The Morgan fingerprint density at radius 3 is 2.86 bits per heavy atom. The van der Waals surface area contributed by atoms with Crippen molar-refractivity contribution in [2.75, 3.05) is 0 Å². The van der Waals surface area contributed by atoms with Gasteiger partial charge in [-0.3, -0.25) is 4.99 Å². The quantitative estimate of drug-likeness (QED) is 0.844. The zero-order valence-corrected chi connectivity index (χ0v) is 17.0. The van der Waals surface area contributed by atoms with E-state index in [0.717, 1.165) is 42.2 Å². The maximum Gasteiger partial charge on any atom is 0.0746 e. The number of nitrogens with zero attached hydrogens (tertiary/aromatic N) is 3. The molecule has 0 fully saturated rings. The summed E-state index contributed by atoms with van der Waals surface area (Å²) in [6, 6.07) is 6.99. The molecule has 1 aromatic carbocycles. The van der Waals surface area contributed by atoms with E-state index in [1.165, 1.54) is 33.4 Å². The topological polar surface area (TPSA) is 49.6 Å². The maximum absolute atomic E-state index is 5.20. The van der Waals surface area contributed by atoms with Crippen LogP contribution in [0.2, 0.25) is 0 Å². The van der Waals surface area contributed by atoms with Gasteiger partial charge in [-0.1, -0.05) is 31.6 Å². The number of hydrogen-bond acceptors (Lipinski definition) is 4. The van der Waals surface area contributed by atoms with Crippen molar-refractivity contribution < 1.29 is 0 Å². The minimum atomic E-state index is 0.257. The highest BCUT2D eigenvalue weighted by Crippen LogP contribution is 2.40. The molecule has 0 amide bonds. The molecule has 1 aromatic heterocycles. The minimum Gasteiger partial charge on any atom is -0.302 e. The molecule has 5 rings (SSSR count). The predicted octanol–water partition coefficient (Wildman–Crippen LogP) is 4.79. The van der Waals surface area contributed by atoms with Crippen molar-refractivity contribution in [3.8, 4) is 11.3 Å². The normalized spacial score (nSPS) is 21.6. The van der Waals surface area contributed by atoms with Crippen molar-refractivity contribution in [2.45, 2.75) is 59.0 Å². The first-order chi connectivity index (χ1) is 13.6. The molecule has 1 N–H and O–H groups in total. The fourth-order valence-corrected chi connectivity index (χ4v) is 4.90. The van der Waals surface area contributed by atoms with Crippen LogP contribution in [-0.4, -0.2) is 22.4 Å². The summed E-state index contributed by atoms with van der Waals surface area (Å²) >= 11 is 0. The van der Waals surface area contributed by atoms with E-state index < -0.39 is 0 Å². The molecule has 2 aromatic rings. The zero-order chi connectivity index (χ0) is 19.4. The van der Waals surface area contributed by atoms with E-state index in [4.69, 9.17) is 4.98 Å². The lowest BCUT2D eigenvalue weighted by atomic mass is 9.79. The molecule has 0 radical (unpaired) electrons. The third-order valence-corrected chi connectivity index (χ3v) is 6.38. The lowest BCUT2D eigenvalue weighted by Gasteiger charge is -2.27. The second-order valence-corrected chi connectivity index (χ2v) is 8.13. The Labute approximate surface area is 166 Å². The first-order valence-corrected chi connectivity index (χ1v) is 10.2. The Kier molecular flexibility index (Phi) is 3.97. The summed E-state index contributed by atoms with van der Waals surface area (Å²) < 4.78 is 0. The summed E-state index contributed by atoms with van der Waals surface area (Å²) in [4.78, 5) is 9.79. The lowest BCUT2D eigenvalue weighted by Crippen LogP contribution is -2.29. The van der Waals surface area contributed by atoms with Crippen LogP contribution in [0.1, 0.15) is 66.6 Å². The van der Waals surface area contributed by atoms with Crippen LogP contribution in [0.15, 0.2) is 34.4 Å². The Morgan fingerprint density at radius 1 is 1.18 bits per heavy atom. The van der Waals surface area contributed by atoms with Crippen LogP contribution in [0.25, 0.3) is 17.3 Å². The van der Waals surface area contributed by atoms with Gasteiger partial charge in [0.15, 0.2) is 0 Å². The van der Waals surface area contributed by atoms with Gasteiger partial charge in [-0.25, -0.2) is 4.98 Å². The molecule has 3 heterocycles. The Balaban J connectivity index is 1.72. The van der Waals surface area contributed by atoms with Gasteiger partial charge in [-0.05, 0) is 61.6 Å². The van der Waals surface area contributed by atoms with E-state index in [0.29, 0.717) is 5.92 Å². The van der Waals surface area contributed by atoms with Crippen molar-refractivity contribution in [1.29, 1.82) is 0 Å². The Hall–Kier alpha value is -2.75. The number of hydrazone groups is 1. The van der Waals surface area contributed by atoms with Crippen molar-refractivity contribution in [1.82, 2.24) is 10.4 Å². The number of aliphatic imine (C=N–C) groups is 1. The van der Waals surface area contributed by atoms with Gasteiger partial charge < -0.3 is 5.43 Å². The molecule has 2 atom stereocenters. The molecule has 2 aliphatic heterocycles. The summed E-state index contributed by atoms with van der Waals surface area (Å²) in [6.07, 6.45) is 6.53. The smallest absolute Gasteiger partial charge is 0.0746 e. The predicted molar refractivity (Wildman–Crippen MR) is 116 cm³/mol. The van der Waals surface area contributed by atoms with Crippen LogP contribution in [-0.2, 0) is 13.0 Å². The van der Waals surface area contributed by atoms with E-state index in [9.17, 15) is 0 Å². The molecule has 0 saturated heterocycles. The van der Waals surface area contributed by atoms with Gasteiger partial charge in [0.1, 0.15) is 0 Å². The number of hydrogen-bond donors (Lipinski definition) is 1. The molecule has 2 unspecified atom stereocenters. The number of nitrogens with one attached hydrogen (secondary N) is 1. The zero-order valence-electron chi connectivity index (χ0n) is 17.0. The molecule has 142 valence electrons. The van der Waals surface area contributed by atoms with E-state index in [2.05, 4.69) is 73.6 Å².